The number of aryl methyl sites for hydroxylation is 1. The van der Waals surface area contributed by atoms with Crippen molar-refractivity contribution in [1.82, 2.24) is 15.4 Å². The Balaban J connectivity index is 0.00000147. The van der Waals surface area contributed by atoms with E-state index in [4.69, 9.17) is 4.52 Å². The van der Waals surface area contributed by atoms with Crippen molar-refractivity contribution in [3.05, 3.63) is 17.5 Å². The van der Waals surface area contributed by atoms with E-state index in [2.05, 4.69) is 10.5 Å². The maximum absolute atomic E-state index is 12.2. The first kappa shape index (κ1) is 15.3. The molecule has 1 saturated heterocycles. The van der Waals surface area contributed by atoms with E-state index in [9.17, 15) is 4.79 Å². The highest BCUT2D eigenvalue weighted by atomic mass is 35.5. The van der Waals surface area contributed by atoms with Gasteiger partial charge in [-0.2, -0.15) is 0 Å². The maximum atomic E-state index is 12.2. The lowest BCUT2D eigenvalue weighted by molar-refractivity contribution is -0.131. The fourth-order valence-corrected chi connectivity index (χ4v) is 2.71. The highest BCUT2D eigenvalue weighted by Crippen LogP contribution is 2.32. The predicted octanol–water partition coefficient (Wildman–Crippen LogP) is 2.07. The number of rotatable bonds is 5. The molecule has 0 radical (unpaired) electrons. The van der Waals surface area contributed by atoms with Crippen LogP contribution in [-0.4, -0.2) is 35.6 Å². The number of carbonyl (C=O) groups excluding carboxylic acids is 1. The van der Waals surface area contributed by atoms with Crippen LogP contribution in [0.5, 0.6) is 0 Å². The molecule has 1 aromatic rings. The van der Waals surface area contributed by atoms with Crippen LogP contribution in [-0.2, 0) is 4.79 Å². The zero-order chi connectivity index (χ0) is 13.2. The molecule has 2 heterocycles. The molecule has 1 saturated carbocycles. The van der Waals surface area contributed by atoms with Crippen molar-refractivity contribution < 1.29 is 9.32 Å². The quantitative estimate of drug-likeness (QED) is 0.904. The Labute approximate surface area is 125 Å². The molecule has 2 aliphatic rings. The van der Waals surface area contributed by atoms with E-state index in [1.807, 2.05) is 17.9 Å². The average Bonchev–Trinajstić information content (AvgIpc) is 2.91. The van der Waals surface area contributed by atoms with Gasteiger partial charge in [0, 0.05) is 12.6 Å². The van der Waals surface area contributed by atoms with Crippen molar-refractivity contribution in [2.75, 3.05) is 19.6 Å². The molecule has 0 spiro atoms. The van der Waals surface area contributed by atoms with Crippen LogP contribution in [0.2, 0.25) is 0 Å². The van der Waals surface area contributed by atoms with Crippen molar-refractivity contribution in [2.24, 2.45) is 5.92 Å². The van der Waals surface area contributed by atoms with Gasteiger partial charge in [-0.3, -0.25) is 4.79 Å². The molecule has 1 atom stereocenters. The molecule has 1 aliphatic carbocycles. The summed E-state index contributed by atoms with van der Waals surface area (Å²) in [6, 6.07) is 2.02. The summed E-state index contributed by atoms with van der Waals surface area (Å²) in [5, 5.41) is 7.18. The van der Waals surface area contributed by atoms with Crippen LogP contribution in [0.3, 0.4) is 0 Å². The van der Waals surface area contributed by atoms with Gasteiger partial charge < -0.3 is 14.7 Å². The van der Waals surface area contributed by atoms with E-state index in [1.54, 1.807) is 0 Å². The van der Waals surface area contributed by atoms with Gasteiger partial charge in [-0.15, -0.1) is 12.4 Å². The van der Waals surface area contributed by atoms with Crippen molar-refractivity contribution in [3.8, 4) is 0 Å². The minimum Gasteiger partial charge on any atom is -0.359 e. The fourth-order valence-electron chi connectivity index (χ4n) is 2.71. The first-order valence-electron chi connectivity index (χ1n) is 7.17. The van der Waals surface area contributed by atoms with Crippen molar-refractivity contribution in [2.45, 2.75) is 38.6 Å². The highest BCUT2D eigenvalue weighted by molar-refractivity contribution is 5.85. The molecular formula is C14H22ClN3O2. The fraction of sp³-hybridized carbons (Fsp3) is 0.714. The lowest BCUT2D eigenvalue weighted by atomic mass is 10.1. The molecule has 0 bridgehead atoms. The Bertz CT molecular complexity index is 459. The van der Waals surface area contributed by atoms with Crippen LogP contribution in [0, 0.1) is 12.8 Å². The molecule has 1 unspecified atom stereocenters. The third kappa shape index (κ3) is 3.52. The third-order valence-corrected chi connectivity index (χ3v) is 3.95. The second kappa shape index (κ2) is 6.59. The van der Waals surface area contributed by atoms with Gasteiger partial charge >= 0.3 is 0 Å². The first-order valence-corrected chi connectivity index (χ1v) is 7.17. The average molecular weight is 300 g/mol. The smallest absolute Gasteiger partial charge is 0.237 e. The summed E-state index contributed by atoms with van der Waals surface area (Å²) in [6.07, 6.45) is 4.64. The summed E-state index contributed by atoms with van der Waals surface area (Å²) in [5.41, 5.74) is 0.876. The molecular weight excluding hydrogens is 278 g/mol. The number of amides is 1. The standard InChI is InChI=1S/C14H21N3O2.ClH/c1-10-7-13(19-16-10)12-3-2-6-17(12)14(18)9-15-8-11-4-5-11;/h7,11-12,15H,2-6,8-9H2,1H3;1H. The lowest BCUT2D eigenvalue weighted by Gasteiger charge is -2.22. The van der Waals surface area contributed by atoms with Gasteiger partial charge in [0.25, 0.3) is 0 Å². The topological polar surface area (TPSA) is 58.4 Å². The Kier molecular flexibility index (Phi) is 5.05. The van der Waals surface area contributed by atoms with E-state index in [1.165, 1.54) is 12.8 Å². The van der Waals surface area contributed by atoms with E-state index in [-0.39, 0.29) is 24.4 Å². The van der Waals surface area contributed by atoms with Gasteiger partial charge in [0.15, 0.2) is 5.76 Å². The van der Waals surface area contributed by atoms with E-state index in [0.29, 0.717) is 6.54 Å². The molecule has 112 valence electrons. The summed E-state index contributed by atoms with van der Waals surface area (Å²) in [7, 11) is 0. The zero-order valence-electron chi connectivity index (χ0n) is 11.8. The number of hydrogen-bond donors (Lipinski definition) is 1. The normalized spacial score (nSPS) is 21.9. The zero-order valence-corrected chi connectivity index (χ0v) is 12.6. The molecule has 1 aromatic heterocycles. The van der Waals surface area contributed by atoms with E-state index in [0.717, 1.165) is 43.3 Å². The highest BCUT2D eigenvalue weighted by Gasteiger charge is 2.32. The molecule has 6 heteroatoms. The number of halogens is 1. The molecule has 3 rings (SSSR count). The number of aromatic nitrogens is 1. The lowest BCUT2D eigenvalue weighted by Crippen LogP contribution is -2.38. The second-order valence-corrected chi connectivity index (χ2v) is 5.69. The molecule has 1 N–H and O–H groups in total. The Morgan fingerprint density at radius 1 is 1.50 bits per heavy atom. The number of nitrogens with zero attached hydrogens (tertiary/aromatic N) is 2. The summed E-state index contributed by atoms with van der Waals surface area (Å²) < 4.78 is 5.32. The van der Waals surface area contributed by atoms with Crippen molar-refractivity contribution in [3.63, 3.8) is 0 Å². The van der Waals surface area contributed by atoms with Crippen LogP contribution in [0.1, 0.15) is 43.2 Å². The summed E-state index contributed by atoms with van der Waals surface area (Å²) in [6.45, 7) is 4.16. The largest absolute Gasteiger partial charge is 0.359 e. The molecule has 20 heavy (non-hydrogen) atoms. The first-order chi connectivity index (χ1) is 9.24. The number of hydrogen-bond acceptors (Lipinski definition) is 4. The molecule has 0 aromatic carbocycles. The van der Waals surface area contributed by atoms with Crippen LogP contribution in [0.4, 0.5) is 0 Å². The minimum atomic E-state index is 0. The summed E-state index contributed by atoms with van der Waals surface area (Å²) in [5.74, 6) is 1.81. The van der Waals surface area contributed by atoms with Gasteiger partial charge in [0.05, 0.1) is 18.3 Å². The summed E-state index contributed by atoms with van der Waals surface area (Å²) >= 11 is 0. The Morgan fingerprint density at radius 3 is 2.95 bits per heavy atom. The van der Waals surface area contributed by atoms with Gasteiger partial charge in [-0.25, -0.2) is 0 Å². The van der Waals surface area contributed by atoms with Gasteiger partial charge in [-0.05, 0) is 45.1 Å². The van der Waals surface area contributed by atoms with Crippen LogP contribution in [0.25, 0.3) is 0 Å². The summed E-state index contributed by atoms with van der Waals surface area (Å²) in [4.78, 5) is 14.2. The second-order valence-electron chi connectivity index (χ2n) is 5.69. The van der Waals surface area contributed by atoms with Crippen LogP contribution in [0.15, 0.2) is 10.6 Å². The van der Waals surface area contributed by atoms with Crippen molar-refractivity contribution >= 4 is 18.3 Å². The predicted molar refractivity (Wildman–Crippen MR) is 77.8 cm³/mol. The number of carbonyl (C=O) groups is 1. The monoisotopic (exact) mass is 299 g/mol. The molecule has 1 aliphatic heterocycles. The van der Waals surface area contributed by atoms with E-state index >= 15 is 0 Å². The van der Waals surface area contributed by atoms with Crippen molar-refractivity contribution in [1.29, 1.82) is 0 Å². The van der Waals surface area contributed by atoms with E-state index < -0.39 is 0 Å². The Morgan fingerprint density at radius 2 is 2.30 bits per heavy atom. The van der Waals surface area contributed by atoms with Gasteiger partial charge in [-0.1, -0.05) is 5.16 Å². The third-order valence-electron chi connectivity index (χ3n) is 3.95. The maximum Gasteiger partial charge on any atom is 0.237 e. The Hall–Kier alpha value is -1.07. The van der Waals surface area contributed by atoms with Crippen LogP contribution < -0.4 is 5.32 Å². The van der Waals surface area contributed by atoms with Gasteiger partial charge in [0.1, 0.15) is 0 Å². The van der Waals surface area contributed by atoms with Crippen LogP contribution >= 0.6 is 12.4 Å². The van der Waals surface area contributed by atoms with Gasteiger partial charge in [0.2, 0.25) is 5.91 Å². The molecule has 5 nitrogen and oxygen atoms in total. The molecule has 2 fully saturated rings. The minimum absolute atomic E-state index is 0. The SMILES string of the molecule is Cc1cc(C2CCCN2C(=O)CNCC2CC2)on1.Cl. The number of likely N-dealkylation sites (tertiary alicyclic amines) is 1. The number of nitrogens with one attached hydrogen (secondary N) is 1. The molecule has 1 amide bonds.